The minimum absolute atomic E-state index is 0.280. The van der Waals surface area contributed by atoms with E-state index in [0.717, 1.165) is 19.1 Å². The molecule has 0 spiro atoms. The predicted molar refractivity (Wildman–Crippen MR) is 87.5 cm³/mol. The fourth-order valence-electron chi connectivity index (χ4n) is 5.00. The molecule has 2 fully saturated rings. The molecule has 2 heteroatoms. The molecule has 0 unspecified atom stereocenters. The zero-order valence-corrected chi connectivity index (χ0v) is 14.4. The lowest BCUT2D eigenvalue weighted by Crippen LogP contribution is -2.65. The van der Waals surface area contributed by atoms with Gasteiger partial charge < -0.3 is 4.74 Å². The third-order valence-corrected chi connectivity index (χ3v) is 5.76. The number of hydrogen-bond acceptors (Lipinski definition) is 2. The van der Waals surface area contributed by atoms with Gasteiger partial charge in [0.2, 0.25) is 0 Å². The maximum atomic E-state index is 5.93. The molecule has 1 saturated carbocycles. The molecule has 21 heavy (non-hydrogen) atoms. The standard InChI is InChI=1S/C19H29NO/c1-12-9-13(2)16(14(3)10-12)11-20(6)17-15-7-8-21-18(15)19(17,4)5/h9-10,15,17-18H,7-8,11H2,1-6H3/t15-,17+,18+/m0/s1. The second-order valence-corrected chi connectivity index (χ2v) is 7.80. The zero-order valence-electron chi connectivity index (χ0n) is 14.4. The van der Waals surface area contributed by atoms with E-state index in [1.807, 2.05) is 0 Å². The average Bonchev–Trinajstić information content (AvgIpc) is 2.79. The van der Waals surface area contributed by atoms with Crippen LogP contribution in [0.25, 0.3) is 0 Å². The van der Waals surface area contributed by atoms with Gasteiger partial charge in [-0.2, -0.15) is 0 Å². The van der Waals surface area contributed by atoms with Crippen LogP contribution in [0.4, 0.5) is 0 Å². The SMILES string of the molecule is Cc1cc(C)c(CN(C)[C@@H]2[C@@H]3CCO[C@H]3C2(C)C)c(C)c1. The van der Waals surface area contributed by atoms with Gasteiger partial charge in [-0.3, -0.25) is 4.90 Å². The normalized spacial score (nSPS) is 30.3. The molecule has 0 amide bonds. The Morgan fingerprint density at radius 2 is 1.81 bits per heavy atom. The van der Waals surface area contributed by atoms with Crippen molar-refractivity contribution in [3.63, 3.8) is 0 Å². The van der Waals surface area contributed by atoms with Gasteiger partial charge in [-0.25, -0.2) is 0 Å². The van der Waals surface area contributed by atoms with Crippen molar-refractivity contribution in [3.8, 4) is 0 Å². The van der Waals surface area contributed by atoms with Crippen LogP contribution in [-0.4, -0.2) is 30.7 Å². The van der Waals surface area contributed by atoms with Crippen LogP contribution in [0.3, 0.4) is 0 Å². The minimum Gasteiger partial charge on any atom is -0.377 e. The summed E-state index contributed by atoms with van der Waals surface area (Å²) in [4.78, 5) is 2.57. The van der Waals surface area contributed by atoms with Crippen LogP contribution in [0.2, 0.25) is 0 Å². The molecule has 1 heterocycles. The first-order valence-corrected chi connectivity index (χ1v) is 8.21. The molecule has 1 aliphatic heterocycles. The van der Waals surface area contributed by atoms with Crippen molar-refractivity contribution >= 4 is 0 Å². The van der Waals surface area contributed by atoms with Crippen LogP contribution in [0.1, 0.15) is 42.5 Å². The quantitative estimate of drug-likeness (QED) is 0.837. The first kappa shape index (κ1) is 15.1. The number of hydrogen-bond donors (Lipinski definition) is 0. The molecule has 1 aromatic carbocycles. The first-order valence-electron chi connectivity index (χ1n) is 8.21. The molecule has 116 valence electrons. The molecule has 1 saturated heterocycles. The van der Waals surface area contributed by atoms with Gasteiger partial charge in [0.05, 0.1) is 6.10 Å². The van der Waals surface area contributed by atoms with E-state index in [1.54, 1.807) is 0 Å². The topological polar surface area (TPSA) is 12.5 Å². The van der Waals surface area contributed by atoms with E-state index in [4.69, 9.17) is 4.74 Å². The first-order chi connectivity index (χ1) is 9.82. The number of rotatable bonds is 3. The lowest BCUT2D eigenvalue weighted by atomic mass is 9.57. The molecule has 1 aromatic rings. The van der Waals surface area contributed by atoms with Crippen molar-refractivity contribution in [2.75, 3.05) is 13.7 Å². The largest absolute Gasteiger partial charge is 0.377 e. The molecule has 2 aliphatic rings. The summed E-state index contributed by atoms with van der Waals surface area (Å²) in [5, 5.41) is 0. The third-order valence-electron chi connectivity index (χ3n) is 5.76. The van der Waals surface area contributed by atoms with Crippen LogP contribution < -0.4 is 0 Å². The van der Waals surface area contributed by atoms with Gasteiger partial charge in [0.25, 0.3) is 0 Å². The maximum absolute atomic E-state index is 5.93. The van der Waals surface area contributed by atoms with Gasteiger partial charge in [0.1, 0.15) is 0 Å². The van der Waals surface area contributed by atoms with Gasteiger partial charge in [0, 0.05) is 30.5 Å². The van der Waals surface area contributed by atoms with Gasteiger partial charge >= 0.3 is 0 Å². The fraction of sp³-hybridized carbons (Fsp3) is 0.684. The molecule has 0 aromatic heterocycles. The van der Waals surface area contributed by atoms with Crippen molar-refractivity contribution in [3.05, 3.63) is 34.4 Å². The number of fused-ring (bicyclic) bond motifs is 1. The van der Waals surface area contributed by atoms with E-state index in [-0.39, 0.29) is 5.41 Å². The molecule has 0 radical (unpaired) electrons. The molecule has 2 nitrogen and oxygen atoms in total. The Hall–Kier alpha value is -0.860. The lowest BCUT2D eigenvalue weighted by molar-refractivity contribution is -0.151. The summed E-state index contributed by atoms with van der Waals surface area (Å²) < 4.78 is 5.93. The maximum Gasteiger partial charge on any atom is 0.0685 e. The zero-order chi connectivity index (χ0) is 15.4. The van der Waals surface area contributed by atoms with Crippen LogP contribution in [0.15, 0.2) is 12.1 Å². The number of benzene rings is 1. The van der Waals surface area contributed by atoms with Gasteiger partial charge in [-0.05, 0) is 50.9 Å². The number of nitrogens with zero attached hydrogens (tertiary/aromatic N) is 1. The highest BCUT2D eigenvalue weighted by molar-refractivity contribution is 5.37. The number of ether oxygens (including phenoxy) is 1. The van der Waals surface area contributed by atoms with Gasteiger partial charge in [-0.1, -0.05) is 31.5 Å². The molecule has 1 aliphatic carbocycles. The van der Waals surface area contributed by atoms with Crippen LogP contribution in [0.5, 0.6) is 0 Å². The van der Waals surface area contributed by atoms with Crippen molar-refractivity contribution in [1.82, 2.24) is 4.90 Å². The summed E-state index contributed by atoms with van der Waals surface area (Å²) in [5.41, 5.74) is 6.00. The summed E-state index contributed by atoms with van der Waals surface area (Å²) in [5.74, 6) is 0.732. The van der Waals surface area contributed by atoms with E-state index in [9.17, 15) is 0 Å². The second-order valence-electron chi connectivity index (χ2n) is 7.80. The van der Waals surface area contributed by atoms with Gasteiger partial charge in [-0.15, -0.1) is 0 Å². The summed E-state index contributed by atoms with van der Waals surface area (Å²) in [7, 11) is 2.29. The monoisotopic (exact) mass is 287 g/mol. The van der Waals surface area contributed by atoms with Crippen LogP contribution >= 0.6 is 0 Å². The smallest absolute Gasteiger partial charge is 0.0685 e. The van der Waals surface area contributed by atoms with Crippen molar-refractivity contribution in [2.24, 2.45) is 11.3 Å². The molecular formula is C19H29NO. The predicted octanol–water partition coefficient (Wildman–Crippen LogP) is 3.86. The molecular weight excluding hydrogens is 258 g/mol. The Labute approximate surface area is 129 Å². The molecule has 0 N–H and O–H groups in total. The van der Waals surface area contributed by atoms with Crippen LogP contribution in [-0.2, 0) is 11.3 Å². The third kappa shape index (κ3) is 2.33. The van der Waals surface area contributed by atoms with E-state index in [2.05, 4.69) is 58.7 Å². The Bertz CT molecular complexity index is 525. The second kappa shape index (κ2) is 5.10. The minimum atomic E-state index is 0.280. The summed E-state index contributed by atoms with van der Waals surface area (Å²) in [6.45, 7) is 13.4. The lowest BCUT2D eigenvalue weighted by Gasteiger charge is -2.58. The Balaban J connectivity index is 1.80. The highest BCUT2D eigenvalue weighted by atomic mass is 16.5. The number of aryl methyl sites for hydroxylation is 3. The van der Waals surface area contributed by atoms with E-state index >= 15 is 0 Å². The van der Waals surface area contributed by atoms with E-state index < -0.39 is 0 Å². The Morgan fingerprint density at radius 1 is 1.19 bits per heavy atom. The van der Waals surface area contributed by atoms with E-state index in [0.29, 0.717) is 12.1 Å². The molecule has 3 atom stereocenters. The van der Waals surface area contributed by atoms with E-state index in [1.165, 1.54) is 28.7 Å². The highest BCUT2D eigenvalue weighted by Crippen LogP contribution is 2.54. The van der Waals surface area contributed by atoms with Crippen LogP contribution in [0, 0.1) is 32.1 Å². The van der Waals surface area contributed by atoms with Crippen molar-refractivity contribution < 1.29 is 4.74 Å². The Morgan fingerprint density at radius 3 is 2.43 bits per heavy atom. The summed E-state index contributed by atoms with van der Waals surface area (Å²) in [6.07, 6.45) is 1.71. The van der Waals surface area contributed by atoms with Crippen molar-refractivity contribution in [1.29, 1.82) is 0 Å². The fourth-order valence-corrected chi connectivity index (χ4v) is 5.00. The summed E-state index contributed by atoms with van der Waals surface area (Å²) in [6, 6.07) is 5.26. The average molecular weight is 287 g/mol. The highest BCUT2D eigenvalue weighted by Gasteiger charge is 2.60. The van der Waals surface area contributed by atoms with Gasteiger partial charge in [0.15, 0.2) is 0 Å². The molecule has 0 bridgehead atoms. The molecule has 3 rings (SSSR count). The summed E-state index contributed by atoms with van der Waals surface area (Å²) >= 11 is 0. The Kier molecular flexibility index (Phi) is 3.66. The van der Waals surface area contributed by atoms with Crippen molar-refractivity contribution in [2.45, 2.75) is 59.7 Å².